The van der Waals surface area contributed by atoms with E-state index < -0.39 is 11.7 Å². The van der Waals surface area contributed by atoms with E-state index in [1.165, 1.54) is 11.7 Å². The smallest absolute Gasteiger partial charge is 0.420 e. The quantitative estimate of drug-likeness (QED) is 0.590. The summed E-state index contributed by atoms with van der Waals surface area (Å²) in [6.45, 7) is 0.330. The molecule has 0 aliphatic rings. The van der Waals surface area contributed by atoms with Gasteiger partial charge in [-0.3, -0.25) is 4.57 Å². The van der Waals surface area contributed by atoms with Crippen molar-refractivity contribution in [1.82, 2.24) is 4.57 Å². The molecule has 112 valence electrons. The summed E-state index contributed by atoms with van der Waals surface area (Å²) >= 11 is 0. The van der Waals surface area contributed by atoms with Crippen molar-refractivity contribution < 1.29 is 13.9 Å². The van der Waals surface area contributed by atoms with Crippen molar-refractivity contribution in [2.24, 2.45) is 0 Å². The Bertz CT molecular complexity index is 891. The van der Waals surface area contributed by atoms with Crippen LogP contribution in [0.2, 0.25) is 0 Å². The number of fused-ring (bicyclic) bond motifs is 1. The molecule has 22 heavy (non-hydrogen) atoms. The fraction of sp³-hybridized carbons (Fsp3) is 0.125. The zero-order valence-electron chi connectivity index (χ0n) is 11.9. The number of nitrogens with zero attached hydrogens (tertiary/aromatic N) is 1. The van der Waals surface area contributed by atoms with Crippen molar-refractivity contribution in [2.75, 3.05) is 12.8 Å². The van der Waals surface area contributed by atoms with Gasteiger partial charge in [-0.1, -0.05) is 12.1 Å². The molecule has 0 unspecified atom stereocenters. The highest BCUT2D eigenvalue weighted by atomic mass is 16.5. The minimum Gasteiger partial charge on any atom is -0.465 e. The van der Waals surface area contributed by atoms with Crippen LogP contribution in [0, 0.1) is 0 Å². The van der Waals surface area contributed by atoms with Crippen LogP contribution in [0.1, 0.15) is 15.9 Å². The number of aromatic nitrogens is 1. The number of hydrogen-bond acceptors (Lipinski definition) is 5. The Labute approximate surface area is 125 Å². The molecular formula is C16H14N2O4. The van der Waals surface area contributed by atoms with Crippen LogP contribution < -0.4 is 11.5 Å². The first kappa shape index (κ1) is 13.9. The van der Waals surface area contributed by atoms with Gasteiger partial charge in [0.05, 0.1) is 24.7 Å². The molecule has 0 amide bonds. The van der Waals surface area contributed by atoms with Gasteiger partial charge in [-0.2, -0.15) is 0 Å². The third-order valence-corrected chi connectivity index (χ3v) is 3.41. The Kier molecular flexibility index (Phi) is 3.42. The van der Waals surface area contributed by atoms with E-state index in [-0.39, 0.29) is 0 Å². The Balaban J connectivity index is 1.96. The lowest BCUT2D eigenvalue weighted by Gasteiger charge is -2.04. The summed E-state index contributed by atoms with van der Waals surface area (Å²) in [6, 6.07) is 11.9. The number of nitrogens with two attached hydrogens (primary N) is 1. The van der Waals surface area contributed by atoms with Gasteiger partial charge in [-0.05, 0) is 35.9 Å². The number of nitrogen functional groups attached to an aromatic ring is 1. The molecule has 0 radical (unpaired) electrons. The Morgan fingerprint density at radius 1 is 1.23 bits per heavy atom. The van der Waals surface area contributed by atoms with Crippen LogP contribution >= 0.6 is 0 Å². The number of anilines is 1. The average Bonchev–Trinajstić information content (AvgIpc) is 2.83. The van der Waals surface area contributed by atoms with E-state index >= 15 is 0 Å². The fourth-order valence-electron chi connectivity index (χ4n) is 2.28. The molecule has 0 spiro atoms. The van der Waals surface area contributed by atoms with E-state index in [1.54, 1.807) is 42.5 Å². The highest BCUT2D eigenvalue weighted by Gasteiger charge is 2.11. The monoisotopic (exact) mass is 298 g/mol. The molecule has 0 aliphatic heterocycles. The topological polar surface area (TPSA) is 87.5 Å². The first-order valence-corrected chi connectivity index (χ1v) is 6.64. The van der Waals surface area contributed by atoms with E-state index in [2.05, 4.69) is 4.74 Å². The molecule has 6 heteroatoms. The number of carbonyl (C=O) groups excluding carboxylic acids is 1. The molecule has 1 aromatic heterocycles. The number of oxazole rings is 1. The van der Waals surface area contributed by atoms with E-state index in [1.807, 2.05) is 0 Å². The molecule has 0 atom stereocenters. The Morgan fingerprint density at radius 3 is 2.64 bits per heavy atom. The fourth-order valence-corrected chi connectivity index (χ4v) is 2.28. The van der Waals surface area contributed by atoms with Crippen LogP contribution in [0.3, 0.4) is 0 Å². The number of esters is 1. The van der Waals surface area contributed by atoms with Gasteiger partial charge in [-0.25, -0.2) is 9.59 Å². The Morgan fingerprint density at radius 2 is 1.95 bits per heavy atom. The predicted octanol–water partition coefficient (Wildman–Crippen LogP) is 2.01. The van der Waals surface area contributed by atoms with Gasteiger partial charge >= 0.3 is 11.7 Å². The number of hydrogen-bond donors (Lipinski definition) is 1. The van der Waals surface area contributed by atoms with Gasteiger partial charge in [0.15, 0.2) is 5.58 Å². The van der Waals surface area contributed by atoms with Crippen LogP contribution in [0.4, 0.5) is 5.69 Å². The lowest BCUT2D eigenvalue weighted by atomic mass is 10.1. The summed E-state index contributed by atoms with van der Waals surface area (Å²) in [4.78, 5) is 23.4. The third kappa shape index (κ3) is 2.46. The third-order valence-electron chi connectivity index (χ3n) is 3.41. The second-order valence-corrected chi connectivity index (χ2v) is 4.87. The van der Waals surface area contributed by atoms with E-state index in [4.69, 9.17) is 10.2 Å². The lowest BCUT2D eigenvalue weighted by molar-refractivity contribution is 0.0600. The molecule has 2 N–H and O–H groups in total. The van der Waals surface area contributed by atoms with Crippen molar-refractivity contribution in [2.45, 2.75) is 6.54 Å². The first-order chi connectivity index (χ1) is 10.6. The number of methoxy groups -OCH3 is 1. The summed E-state index contributed by atoms with van der Waals surface area (Å²) in [7, 11) is 1.33. The summed E-state index contributed by atoms with van der Waals surface area (Å²) in [5, 5.41) is 0. The molecule has 3 aromatic rings. The zero-order chi connectivity index (χ0) is 15.7. The van der Waals surface area contributed by atoms with Crippen LogP contribution in [0.25, 0.3) is 11.1 Å². The summed E-state index contributed by atoms with van der Waals surface area (Å²) < 4.78 is 11.3. The second-order valence-electron chi connectivity index (χ2n) is 4.87. The second kappa shape index (κ2) is 5.40. The van der Waals surface area contributed by atoms with Crippen LogP contribution in [-0.2, 0) is 11.3 Å². The number of rotatable bonds is 3. The van der Waals surface area contributed by atoms with Crippen molar-refractivity contribution >= 4 is 22.8 Å². The number of ether oxygens (including phenoxy) is 1. The van der Waals surface area contributed by atoms with Crippen LogP contribution in [-0.4, -0.2) is 17.6 Å². The molecule has 2 aromatic carbocycles. The number of carbonyl (C=O) groups is 1. The van der Waals surface area contributed by atoms with Crippen molar-refractivity contribution in [1.29, 1.82) is 0 Å². The van der Waals surface area contributed by atoms with Gasteiger partial charge in [0.1, 0.15) is 0 Å². The van der Waals surface area contributed by atoms with Crippen LogP contribution in [0.15, 0.2) is 51.7 Å². The minimum absolute atomic E-state index is 0.330. The maximum absolute atomic E-state index is 12.0. The molecule has 6 nitrogen and oxygen atoms in total. The summed E-state index contributed by atoms with van der Waals surface area (Å²) in [5.74, 6) is -0.845. The standard InChI is InChI=1S/C16H14N2O4/c1-21-15(19)11-4-2-10(3-5-11)9-18-13-8-12(17)6-7-14(13)22-16(18)20/h2-8H,9,17H2,1H3. The van der Waals surface area contributed by atoms with E-state index in [0.29, 0.717) is 28.9 Å². The largest absolute Gasteiger partial charge is 0.465 e. The van der Waals surface area contributed by atoms with Gasteiger partial charge in [0.2, 0.25) is 0 Å². The molecule has 0 aliphatic carbocycles. The van der Waals surface area contributed by atoms with Crippen molar-refractivity contribution in [3.05, 3.63) is 64.1 Å². The van der Waals surface area contributed by atoms with Gasteiger partial charge in [0, 0.05) is 5.69 Å². The molecule has 1 heterocycles. The zero-order valence-corrected chi connectivity index (χ0v) is 11.9. The number of benzene rings is 2. The van der Waals surface area contributed by atoms with Crippen molar-refractivity contribution in [3.8, 4) is 0 Å². The minimum atomic E-state index is -0.447. The van der Waals surface area contributed by atoms with Crippen molar-refractivity contribution in [3.63, 3.8) is 0 Å². The first-order valence-electron chi connectivity index (χ1n) is 6.64. The van der Waals surface area contributed by atoms with Crippen LogP contribution in [0.5, 0.6) is 0 Å². The Hall–Kier alpha value is -3.02. The van der Waals surface area contributed by atoms with Gasteiger partial charge in [-0.15, -0.1) is 0 Å². The lowest BCUT2D eigenvalue weighted by Crippen LogP contribution is -2.15. The van der Waals surface area contributed by atoms with Gasteiger partial charge in [0.25, 0.3) is 0 Å². The summed E-state index contributed by atoms with van der Waals surface area (Å²) in [5.41, 5.74) is 8.76. The average molecular weight is 298 g/mol. The highest BCUT2D eigenvalue weighted by molar-refractivity contribution is 5.89. The normalized spacial score (nSPS) is 10.8. The van der Waals surface area contributed by atoms with E-state index in [9.17, 15) is 9.59 Å². The van der Waals surface area contributed by atoms with Gasteiger partial charge < -0.3 is 14.9 Å². The molecule has 0 saturated carbocycles. The predicted molar refractivity (Wildman–Crippen MR) is 81.8 cm³/mol. The molecule has 0 fully saturated rings. The maximum Gasteiger partial charge on any atom is 0.420 e. The SMILES string of the molecule is COC(=O)c1ccc(Cn2c(=O)oc3ccc(N)cc32)cc1. The summed E-state index contributed by atoms with van der Waals surface area (Å²) in [6.07, 6.45) is 0. The molecule has 0 saturated heterocycles. The maximum atomic E-state index is 12.0. The highest BCUT2D eigenvalue weighted by Crippen LogP contribution is 2.17. The molecule has 3 rings (SSSR count). The molecular weight excluding hydrogens is 284 g/mol. The van der Waals surface area contributed by atoms with E-state index in [0.717, 1.165) is 5.56 Å². The molecule has 0 bridgehead atoms.